The van der Waals surface area contributed by atoms with Crippen LogP contribution < -0.4 is 0 Å². The van der Waals surface area contributed by atoms with Crippen molar-refractivity contribution in [1.82, 2.24) is 4.98 Å². The molecular formula is C10H13NO2S. The van der Waals surface area contributed by atoms with Crippen LogP contribution >= 0.6 is 11.8 Å². The molecule has 1 fully saturated rings. The van der Waals surface area contributed by atoms with Gasteiger partial charge in [-0.25, -0.2) is 0 Å². The van der Waals surface area contributed by atoms with Crippen molar-refractivity contribution in [3.05, 3.63) is 24.0 Å². The molecule has 1 N–H and O–H groups in total. The Morgan fingerprint density at radius 3 is 2.79 bits per heavy atom. The van der Waals surface area contributed by atoms with Gasteiger partial charge in [-0.1, -0.05) is 0 Å². The van der Waals surface area contributed by atoms with Gasteiger partial charge in [0.15, 0.2) is 0 Å². The third-order valence-corrected chi connectivity index (χ3v) is 3.22. The van der Waals surface area contributed by atoms with E-state index < -0.39 is 6.10 Å². The molecule has 3 nitrogen and oxygen atoms in total. The number of aliphatic hydroxyl groups excluding tert-OH is 1. The highest BCUT2D eigenvalue weighted by molar-refractivity contribution is 8.00. The zero-order valence-electron chi connectivity index (χ0n) is 8.01. The molecule has 0 bridgehead atoms. The maximum Gasteiger partial charge on any atom is 0.0931 e. The van der Waals surface area contributed by atoms with Crippen LogP contribution in [0.2, 0.25) is 0 Å². The van der Waals surface area contributed by atoms with Crippen LogP contribution in [0.5, 0.6) is 0 Å². The summed E-state index contributed by atoms with van der Waals surface area (Å²) < 4.78 is 5.09. The summed E-state index contributed by atoms with van der Waals surface area (Å²) in [5.74, 6) is 0. The van der Waals surface area contributed by atoms with E-state index in [0.29, 0.717) is 5.25 Å². The fourth-order valence-electron chi connectivity index (χ4n) is 1.18. The van der Waals surface area contributed by atoms with Crippen LogP contribution in [-0.4, -0.2) is 28.6 Å². The van der Waals surface area contributed by atoms with Crippen molar-refractivity contribution in [3.63, 3.8) is 0 Å². The third kappa shape index (κ3) is 2.26. The molecule has 14 heavy (non-hydrogen) atoms. The molecule has 0 unspecified atom stereocenters. The first kappa shape index (κ1) is 9.96. The highest BCUT2D eigenvalue weighted by Gasteiger charge is 2.19. The average Bonchev–Trinajstić information content (AvgIpc) is 2.12. The van der Waals surface area contributed by atoms with Gasteiger partial charge in [0.2, 0.25) is 0 Å². The van der Waals surface area contributed by atoms with Crippen molar-refractivity contribution in [2.24, 2.45) is 0 Å². The van der Waals surface area contributed by atoms with Gasteiger partial charge in [0.1, 0.15) is 0 Å². The van der Waals surface area contributed by atoms with Gasteiger partial charge in [0, 0.05) is 11.1 Å². The number of rotatable bonds is 3. The lowest BCUT2D eigenvalue weighted by Crippen LogP contribution is -2.30. The van der Waals surface area contributed by atoms with E-state index in [4.69, 9.17) is 4.74 Å². The summed E-state index contributed by atoms with van der Waals surface area (Å²) in [6, 6.07) is 3.87. The Hall–Kier alpha value is -0.580. The van der Waals surface area contributed by atoms with Crippen molar-refractivity contribution in [2.45, 2.75) is 23.2 Å². The molecule has 0 spiro atoms. The quantitative estimate of drug-likeness (QED) is 0.825. The van der Waals surface area contributed by atoms with Crippen molar-refractivity contribution >= 4 is 11.8 Å². The molecule has 0 saturated carbocycles. The predicted molar refractivity (Wildman–Crippen MR) is 55.3 cm³/mol. The Bertz CT molecular complexity index is 295. The van der Waals surface area contributed by atoms with Crippen LogP contribution in [0.25, 0.3) is 0 Å². The van der Waals surface area contributed by atoms with E-state index in [2.05, 4.69) is 4.98 Å². The van der Waals surface area contributed by atoms with Gasteiger partial charge < -0.3 is 9.84 Å². The van der Waals surface area contributed by atoms with Gasteiger partial charge in [-0.05, 0) is 19.1 Å². The molecule has 0 aliphatic carbocycles. The number of aromatic nitrogens is 1. The summed E-state index contributed by atoms with van der Waals surface area (Å²) in [6.07, 6.45) is 1.33. The lowest BCUT2D eigenvalue weighted by atomic mass is 10.2. The summed E-state index contributed by atoms with van der Waals surface area (Å²) in [5.41, 5.74) is 0.721. The second-order valence-electron chi connectivity index (χ2n) is 3.37. The number of ether oxygens (including phenoxy) is 1. The first-order chi connectivity index (χ1) is 6.75. The number of aliphatic hydroxyl groups is 1. The Morgan fingerprint density at radius 1 is 1.57 bits per heavy atom. The summed E-state index contributed by atoms with van der Waals surface area (Å²) in [7, 11) is 0. The number of thioether (sulfide) groups is 1. The van der Waals surface area contributed by atoms with Crippen LogP contribution in [0.3, 0.4) is 0 Å². The molecule has 0 radical (unpaired) electrons. The minimum atomic E-state index is -0.485. The number of pyridine rings is 1. The van der Waals surface area contributed by atoms with Crippen molar-refractivity contribution in [3.8, 4) is 0 Å². The SMILES string of the molecule is C[C@@H](O)c1ccc(SC2COC2)cn1. The number of nitrogens with zero attached hydrogens (tertiary/aromatic N) is 1. The Labute approximate surface area is 87.5 Å². The fraction of sp³-hybridized carbons (Fsp3) is 0.500. The second kappa shape index (κ2) is 4.29. The Balaban J connectivity index is 1.98. The monoisotopic (exact) mass is 211 g/mol. The van der Waals surface area contributed by atoms with Crippen molar-refractivity contribution in [2.75, 3.05) is 13.2 Å². The van der Waals surface area contributed by atoms with Gasteiger partial charge >= 0.3 is 0 Å². The standard InChI is InChI=1S/C10H13NO2S/c1-7(12)10-3-2-8(4-11-10)14-9-5-13-6-9/h2-4,7,9,12H,5-6H2,1H3/t7-/m1/s1. The molecule has 2 heterocycles. The van der Waals surface area contributed by atoms with E-state index in [1.165, 1.54) is 0 Å². The molecule has 1 atom stereocenters. The van der Waals surface area contributed by atoms with E-state index in [1.54, 1.807) is 18.7 Å². The average molecular weight is 211 g/mol. The lowest BCUT2D eigenvalue weighted by Gasteiger charge is -2.25. The first-order valence-corrected chi connectivity index (χ1v) is 5.52. The molecule has 1 aromatic rings. The van der Waals surface area contributed by atoms with Crippen molar-refractivity contribution in [1.29, 1.82) is 0 Å². The Kier molecular flexibility index (Phi) is 3.05. The lowest BCUT2D eigenvalue weighted by molar-refractivity contribution is 0.0455. The summed E-state index contributed by atoms with van der Waals surface area (Å²) in [5, 5.41) is 9.84. The van der Waals surface area contributed by atoms with E-state index in [0.717, 1.165) is 23.8 Å². The zero-order chi connectivity index (χ0) is 9.97. The molecule has 1 saturated heterocycles. The predicted octanol–water partition coefficient (Wildman–Crippen LogP) is 1.63. The van der Waals surface area contributed by atoms with Crippen LogP contribution in [0.15, 0.2) is 23.2 Å². The van der Waals surface area contributed by atoms with Gasteiger partial charge in [-0.15, -0.1) is 11.8 Å². The number of hydrogen-bond acceptors (Lipinski definition) is 4. The van der Waals surface area contributed by atoms with Crippen molar-refractivity contribution < 1.29 is 9.84 Å². The molecule has 1 aromatic heterocycles. The van der Waals surface area contributed by atoms with Gasteiger partial charge in [-0.3, -0.25) is 4.98 Å². The van der Waals surface area contributed by atoms with Crippen LogP contribution in [0.1, 0.15) is 18.7 Å². The maximum absolute atomic E-state index is 9.26. The highest BCUT2D eigenvalue weighted by Crippen LogP contribution is 2.27. The van der Waals surface area contributed by atoms with Gasteiger partial charge in [0.05, 0.1) is 30.3 Å². The zero-order valence-corrected chi connectivity index (χ0v) is 8.83. The molecule has 1 aliphatic rings. The smallest absolute Gasteiger partial charge is 0.0931 e. The molecule has 2 rings (SSSR count). The second-order valence-corrected chi connectivity index (χ2v) is 4.75. The molecule has 76 valence electrons. The molecule has 0 amide bonds. The highest BCUT2D eigenvalue weighted by atomic mass is 32.2. The molecule has 4 heteroatoms. The van der Waals surface area contributed by atoms with Gasteiger partial charge in [-0.2, -0.15) is 0 Å². The summed E-state index contributed by atoms with van der Waals surface area (Å²) in [6.45, 7) is 3.39. The summed E-state index contributed by atoms with van der Waals surface area (Å²) in [4.78, 5) is 5.32. The molecular weight excluding hydrogens is 198 g/mol. The van der Waals surface area contributed by atoms with Crippen LogP contribution in [-0.2, 0) is 4.74 Å². The van der Waals surface area contributed by atoms with Gasteiger partial charge in [0.25, 0.3) is 0 Å². The number of hydrogen-bond donors (Lipinski definition) is 1. The molecule has 1 aliphatic heterocycles. The maximum atomic E-state index is 9.26. The summed E-state index contributed by atoms with van der Waals surface area (Å²) >= 11 is 1.78. The van der Waals surface area contributed by atoms with Crippen LogP contribution in [0, 0.1) is 0 Å². The van der Waals surface area contributed by atoms with E-state index in [1.807, 2.05) is 18.3 Å². The molecule has 0 aromatic carbocycles. The van der Waals surface area contributed by atoms with E-state index >= 15 is 0 Å². The van der Waals surface area contributed by atoms with E-state index in [9.17, 15) is 5.11 Å². The first-order valence-electron chi connectivity index (χ1n) is 4.64. The topological polar surface area (TPSA) is 42.4 Å². The minimum Gasteiger partial charge on any atom is -0.387 e. The third-order valence-electron chi connectivity index (χ3n) is 2.10. The Morgan fingerprint density at radius 2 is 2.36 bits per heavy atom. The fourth-order valence-corrected chi connectivity index (χ4v) is 2.16. The normalized spacial score (nSPS) is 19.0. The van der Waals surface area contributed by atoms with E-state index in [-0.39, 0.29) is 0 Å². The minimum absolute atomic E-state index is 0.485. The van der Waals surface area contributed by atoms with Crippen LogP contribution in [0.4, 0.5) is 0 Å². The largest absolute Gasteiger partial charge is 0.387 e.